The Kier molecular flexibility index (Phi) is 4.10. The molecule has 0 saturated carbocycles. The lowest BCUT2D eigenvalue weighted by Gasteiger charge is -2.19. The maximum absolute atomic E-state index is 11.1. The van der Waals surface area contributed by atoms with E-state index in [4.69, 9.17) is 19.6 Å². The van der Waals surface area contributed by atoms with Gasteiger partial charge < -0.3 is 19.6 Å². The highest BCUT2D eigenvalue weighted by atomic mass is 31.2. The molecule has 17 heavy (non-hydrogen) atoms. The largest absolute Gasteiger partial charge is 0.345 e. The zero-order chi connectivity index (χ0) is 13.3. The predicted molar refractivity (Wildman–Crippen MR) is 63.4 cm³/mol. The zero-order valence-corrected chi connectivity index (χ0v) is 10.5. The maximum atomic E-state index is 11.1. The number of rotatable bonds is 4. The molecule has 0 saturated heterocycles. The van der Waals surface area contributed by atoms with Crippen LogP contribution in [0, 0.1) is 0 Å². The molecule has 94 valence electrons. The van der Waals surface area contributed by atoms with Gasteiger partial charge in [-0.1, -0.05) is 36.9 Å². The summed E-state index contributed by atoms with van der Waals surface area (Å²) in [5.74, 6) is 0. The van der Waals surface area contributed by atoms with Crippen LogP contribution >= 0.6 is 15.2 Å². The third-order valence-corrected chi connectivity index (χ3v) is 5.78. The minimum atomic E-state index is -4.93. The van der Waals surface area contributed by atoms with Crippen LogP contribution < -0.4 is 0 Å². The summed E-state index contributed by atoms with van der Waals surface area (Å²) in [4.78, 5) is 36.0. The SMILES string of the molecule is C=Cc1ccc(C(P(=O)(O)O)P(=O)(O)O)cc1. The van der Waals surface area contributed by atoms with Gasteiger partial charge in [-0.3, -0.25) is 9.13 Å². The normalized spacial score (nSPS) is 12.8. The molecule has 0 unspecified atom stereocenters. The Morgan fingerprint density at radius 1 is 1.00 bits per heavy atom. The number of benzene rings is 1. The first-order valence-electron chi connectivity index (χ1n) is 4.49. The summed E-state index contributed by atoms with van der Waals surface area (Å²) in [6.07, 6.45) is 1.51. The Balaban J connectivity index is 3.28. The first-order chi connectivity index (χ1) is 7.66. The standard InChI is InChI=1S/C9H12O6P2/c1-2-7-3-5-8(6-4-7)9(16(10,11)12)17(13,14)15/h2-6,9H,1H2,(H2,10,11,12)(H2,13,14,15). The third kappa shape index (κ3) is 3.61. The molecule has 6 nitrogen and oxygen atoms in total. The van der Waals surface area contributed by atoms with Crippen molar-refractivity contribution in [1.82, 2.24) is 0 Å². The van der Waals surface area contributed by atoms with E-state index < -0.39 is 20.6 Å². The summed E-state index contributed by atoms with van der Waals surface area (Å²) in [5.41, 5.74) is 0.584. The molecular formula is C9H12O6P2. The number of hydrogen-bond acceptors (Lipinski definition) is 2. The molecule has 1 aromatic rings. The van der Waals surface area contributed by atoms with Gasteiger partial charge in [-0.15, -0.1) is 0 Å². The average Bonchev–Trinajstić information content (AvgIpc) is 2.14. The molecule has 0 aromatic heterocycles. The van der Waals surface area contributed by atoms with Crippen LogP contribution in [0.4, 0.5) is 0 Å². The highest BCUT2D eigenvalue weighted by molar-refractivity contribution is 7.70. The first-order valence-corrected chi connectivity index (χ1v) is 7.85. The van der Waals surface area contributed by atoms with E-state index in [1.54, 1.807) is 0 Å². The monoisotopic (exact) mass is 278 g/mol. The molecule has 0 amide bonds. The van der Waals surface area contributed by atoms with Crippen molar-refractivity contribution in [2.24, 2.45) is 0 Å². The first kappa shape index (κ1) is 14.3. The fourth-order valence-corrected chi connectivity index (χ4v) is 4.08. The minimum absolute atomic E-state index is 0.0998. The summed E-state index contributed by atoms with van der Waals surface area (Å²) in [5, 5.41) is -2.12. The van der Waals surface area contributed by atoms with Crippen LogP contribution in [0.5, 0.6) is 0 Å². The molecule has 0 aliphatic heterocycles. The van der Waals surface area contributed by atoms with Gasteiger partial charge in [0.25, 0.3) is 0 Å². The Morgan fingerprint density at radius 2 is 1.41 bits per heavy atom. The van der Waals surface area contributed by atoms with Crippen LogP contribution in [-0.2, 0) is 9.13 Å². The molecule has 1 aromatic carbocycles. The van der Waals surface area contributed by atoms with Crippen LogP contribution in [0.15, 0.2) is 30.8 Å². The molecule has 0 fully saturated rings. The summed E-state index contributed by atoms with van der Waals surface area (Å²) < 4.78 is 22.2. The summed E-state index contributed by atoms with van der Waals surface area (Å²) in [6.45, 7) is 3.50. The molecule has 0 radical (unpaired) electrons. The van der Waals surface area contributed by atoms with Gasteiger partial charge in [-0.25, -0.2) is 0 Å². The molecule has 0 atom stereocenters. The van der Waals surface area contributed by atoms with Crippen molar-refractivity contribution in [1.29, 1.82) is 0 Å². The smallest absolute Gasteiger partial charge is 0.324 e. The second-order valence-electron chi connectivity index (χ2n) is 3.42. The van der Waals surface area contributed by atoms with E-state index >= 15 is 0 Å². The van der Waals surface area contributed by atoms with Crippen molar-refractivity contribution in [3.63, 3.8) is 0 Å². The van der Waals surface area contributed by atoms with E-state index in [9.17, 15) is 9.13 Å². The highest BCUT2D eigenvalue weighted by Gasteiger charge is 2.44. The van der Waals surface area contributed by atoms with Crippen molar-refractivity contribution >= 4 is 21.3 Å². The zero-order valence-electron chi connectivity index (χ0n) is 8.67. The van der Waals surface area contributed by atoms with E-state index in [0.29, 0.717) is 5.56 Å². The van der Waals surface area contributed by atoms with Gasteiger partial charge in [0.2, 0.25) is 0 Å². The average molecular weight is 278 g/mol. The molecule has 4 N–H and O–H groups in total. The van der Waals surface area contributed by atoms with Gasteiger partial charge in [-0.05, 0) is 11.1 Å². The lowest BCUT2D eigenvalue weighted by molar-refractivity contribution is 0.340. The maximum Gasteiger partial charge on any atom is 0.345 e. The van der Waals surface area contributed by atoms with E-state index in [-0.39, 0.29) is 5.56 Å². The van der Waals surface area contributed by atoms with Crippen molar-refractivity contribution in [2.45, 2.75) is 5.40 Å². The van der Waals surface area contributed by atoms with Crippen LogP contribution in [0.25, 0.3) is 6.08 Å². The van der Waals surface area contributed by atoms with Crippen molar-refractivity contribution in [2.75, 3.05) is 0 Å². The summed E-state index contributed by atoms with van der Waals surface area (Å²) >= 11 is 0. The summed E-state index contributed by atoms with van der Waals surface area (Å²) in [7, 11) is -9.86. The third-order valence-electron chi connectivity index (χ3n) is 2.11. The fraction of sp³-hybridized carbons (Fsp3) is 0.111. The Bertz CT molecular complexity index is 475. The van der Waals surface area contributed by atoms with Crippen molar-refractivity contribution < 1.29 is 28.7 Å². The highest BCUT2D eigenvalue weighted by Crippen LogP contribution is 2.69. The van der Waals surface area contributed by atoms with Gasteiger partial charge in [0, 0.05) is 0 Å². The van der Waals surface area contributed by atoms with Gasteiger partial charge in [0.15, 0.2) is 5.40 Å². The molecule has 0 heterocycles. The van der Waals surface area contributed by atoms with Crippen LogP contribution in [0.1, 0.15) is 16.5 Å². The second-order valence-corrected chi connectivity index (χ2v) is 7.22. The van der Waals surface area contributed by atoms with Crippen molar-refractivity contribution in [3.05, 3.63) is 42.0 Å². The molecular weight excluding hydrogens is 266 g/mol. The van der Waals surface area contributed by atoms with E-state index in [2.05, 4.69) is 6.58 Å². The number of hydrogen-bond donors (Lipinski definition) is 4. The lowest BCUT2D eigenvalue weighted by atomic mass is 10.1. The predicted octanol–water partition coefficient (Wildman–Crippen LogP) is 1.68. The molecule has 0 aliphatic carbocycles. The van der Waals surface area contributed by atoms with Crippen LogP contribution in [0.3, 0.4) is 0 Å². The van der Waals surface area contributed by atoms with Gasteiger partial charge in [0.1, 0.15) is 0 Å². The second kappa shape index (κ2) is 4.86. The summed E-state index contributed by atoms with van der Waals surface area (Å²) in [6, 6.07) is 5.47. The quantitative estimate of drug-likeness (QED) is 0.623. The van der Waals surface area contributed by atoms with Gasteiger partial charge >= 0.3 is 15.2 Å². The topological polar surface area (TPSA) is 115 Å². The van der Waals surface area contributed by atoms with E-state index in [0.717, 1.165) is 0 Å². The molecule has 8 heteroatoms. The Morgan fingerprint density at radius 3 is 1.71 bits per heavy atom. The lowest BCUT2D eigenvalue weighted by Crippen LogP contribution is -2.01. The van der Waals surface area contributed by atoms with E-state index in [1.807, 2.05) is 0 Å². The minimum Gasteiger partial charge on any atom is -0.324 e. The van der Waals surface area contributed by atoms with Gasteiger partial charge in [0.05, 0.1) is 0 Å². The van der Waals surface area contributed by atoms with Crippen LogP contribution in [-0.4, -0.2) is 19.6 Å². The molecule has 0 aliphatic rings. The van der Waals surface area contributed by atoms with E-state index in [1.165, 1.54) is 30.3 Å². The molecule has 1 rings (SSSR count). The Labute approximate surface area is 97.9 Å². The van der Waals surface area contributed by atoms with Crippen molar-refractivity contribution in [3.8, 4) is 0 Å². The molecule has 0 bridgehead atoms. The van der Waals surface area contributed by atoms with Crippen LogP contribution in [0.2, 0.25) is 0 Å². The molecule has 0 spiro atoms. The fourth-order valence-electron chi connectivity index (χ4n) is 1.39. The Hall–Kier alpha value is -0.740. The van der Waals surface area contributed by atoms with Gasteiger partial charge in [-0.2, -0.15) is 0 Å².